The molecule has 0 fully saturated rings. The Morgan fingerprint density at radius 1 is 1.33 bits per heavy atom. The highest BCUT2D eigenvalue weighted by Crippen LogP contribution is 2.12. The SMILES string of the molecule is CCc1cnc(CNC(=NC)NCc2cnn(C)c2)s1.I. The van der Waals surface area contributed by atoms with Crippen LogP contribution < -0.4 is 10.6 Å². The summed E-state index contributed by atoms with van der Waals surface area (Å²) in [6.45, 7) is 3.53. The fourth-order valence-electron chi connectivity index (χ4n) is 1.72. The molecule has 21 heavy (non-hydrogen) atoms. The van der Waals surface area contributed by atoms with Crippen LogP contribution >= 0.6 is 35.3 Å². The van der Waals surface area contributed by atoms with Crippen LogP contribution in [-0.2, 0) is 26.6 Å². The molecule has 6 nitrogen and oxygen atoms in total. The average molecular weight is 420 g/mol. The van der Waals surface area contributed by atoms with Gasteiger partial charge in [0.15, 0.2) is 5.96 Å². The zero-order valence-corrected chi connectivity index (χ0v) is 15.6. The Balaban J connectivity index is 0.00000220. The molecule has 2 aromatic heterocycles. The molecule has 0 spiro atoms. The second-order valence-corrected chi connectivity index (χ2v) is 5.58. The van der Waals surface area contributed by atoms with Crippen LogP contribution in [-0.4, -0.2) is 27.8 Å². The molecule has 2 aromatic rings. The van der Waals surface area contributed by atoms with E-state index in [9.17, 15) is 0 Å². The van der Waals surface area contributed by atoms with Crippen molar-refractivity contribution in [3.63, 3.8) is 0 Å². The largest absolute Gasteiger partial charge is 0.352 e. The fraction of sp³-hybridized carbons (Fsp3) is 0.462. The van der Waals surface area contributed by atoms with Gasteiger partial charge in [-0.15, -0.1) is 35.3 Å². The standard InChI is InChI=1S/C13H20N6S.HI/c1-4-11-7-15-12(20-11)8-17-13(14-2)16-5-10-6-18-19(3)9-10;/h6-7,9H,4-5,8H2,1-3H3,(H2,14,16,17);1H. The molecule has 0 amide bonds. The smallest absolute Gasteiger partial charge is 0.191 e. The van der Waals surface area contributed by atoms with Crippen molar-refractivity contribution in [1.82, 2.24) is 25.4 Å². The number of aliphatic imine (C=N–C) groups is 1. The van der Waals surface area contributed by atoms with Gasteiger partial charge in [0.1, 0.15) is 5.01 Å². The second-order valence-electron chi connectivity index (χ2n) is 4.38. The number of nitrogens with zero attached hydrogens (tertiary/aromatic N) is 4. The Morgan fingerprint density at radius 3 is 2.67 bits per heavy atom. The summed E-state index contributed by atoms with van der Waals surface area (Å²) >= 11 is 1.73. The molecule has 0 saturated carbocycles. The third-order valence-corrected chi connectivity index (χ3v) is 3.94. The minimum absolute atomic E-state index is 0. The molecule has 0 aliphatic rings. The van der Waals surface area contributed by atoms with Gasteiger partial charge in [0.2, 0.25) is 0 Å². The van der Waals surface area contributed by atoms with Gasteiger partial charge >= 0.3 is 0 Å². The Morgan fingerprint density at radius 2 is 2.10 bits per heavy atom. The van der Waals surface area contributed by atoms with Gasteiger partial charge in [0.05, 0.1) is 12.7 Å². The first-order valence-electron chi connectivity index (χ1n) is 6.57. The summed E-state index contributed by atoms with van der Waals surface area (Å²) in [7, 11) is 3.67. The van der Waals surface area contributed by atoms with Crippen LogP contribution in [0.3, 0.4) is 0 Å². The zero-order valence-electron chi connectivity index (χ0n) is 12.5. The summed E-state index contributed by atoms with van der Waals surface area (Å²) in [6, 6.07) is 0. The lowest BCUT2D eigenvalue weighted by Crippen LogP contribution is -2.36. The highest BCUT2D eigenvalue weighted by molar-refractivity contribution is 14.0. The molecule has 0 aliphatic heterocycles. The maximum Gasteiger partial charge on any atom is 0.191 e. The van der Waals surface area contributed by atoms with E-state index in [2.05, 4.69) is 32.6 Å². The number of hydrogen-bond donors (Lipinski definition) is 2. The predicted octanol–water partition coefficient (Wildman–Crippen LogP) is 1.92. The van der Waals surface area contributed by atoms with E-state index in [4.69, 9.17) is 0 Å². The van der Waals surface area contributed by atoms with Crippen molar-refractivity contribution >= 4 is 41.3 Å². The lowest BCUT2D eigenvalue weighted by molar-refractivity contribution is 0.764. The predicted molar refractivity (Wildman–Crippen MR) is 97.2 cm³/mol. The number of aromatic nitrogens is 3. The van der Waals surface area contributed by atoms with E-state index >= 15 is 0 Å². The van der Waals surface area contributed by atoms with E-state index in [1.165, 1.54) is 4.88 Å². The number of thiazole rings is 1. The summed E-state index contributed by atoms with van der Waals surface area (Å²) in [4.78, 5) is 9.88. The van der Waals surface area contributed by atoms with Crippen molar-refractivity contribution in [2.75, 3.05) is 7.05 Å². The Hall–Kier alpha value is -1.16. The van der Waals surface area contributed by atoms with Gasteiger partial charge in [-0.3, -0.25) is 9.67 Å². The highest BCUT2D eigenvalue weighted by Gasteiger charge is 2.03. The lowest BCUT2D eigenvalue weighted by Gasteiger charge is -2.09. The van der Waals surface area contributed by atoms with Gasteiger partial charge < -0.3 is 10.6 Å². The molecule has 0 atom stereocenters. The van der Waals surface area contributed by atoms with E-state index in [0.29, 0.717) is 13.1 Å². The molecule has 2 N–H and O–H groups in total. The van der Waals surface area contributed by atoms with E-state index in [-0.39, 0.29) is 24.0 Å². The van der Waals surface area contributed by atoms with Crippen molar-refractivity contribution < 1.29 is 0 Å². The molecule has 8 heteroatoms. The summed E-state index contributed by atoms with van der Waals surface area (Å²) in [6.07, 6.45) is 6.79. The molecule has 0 saturated heterocycles. The topological polar surface area (TPSA) is 67.1 Å². The summed E-state index contributed by atoms with van der Waals surface area (Å²) in [5, 5.41) is 11.7. The minimum Gasteiger partial charge on any atom is -0.352 e. The first-order chi connectivity index (χ1) is 9.71. The van der Waals surface area contributed by atoms with Crippen molar-refractivity contribution in [2.24, 2.45) is 12.0 Å². The molecular formula is C13H21IN6S. The highest BCUT2D eigenvalue weighted by atomic mass is 127. The number of nitrogens with one attached hydrogen (secondary N) is 2. The number of rotatable bonds is 5. The number of guanidine groups is 1. The maximum atomic E-state index is 4.37. The average Bonchev–Trinajstić information content (AvgIpc) is 3.08. The van der Waals surface area contributed by atoms with Crippen LogP contribution in [0.2, 0.25) is 0 Å². The van der Waals surface area contributed by atoms with Crippen LogP contribution in [0.1, 0.15) is 22.4 Å². The van der Waals surface area contributed by atoms with E-state index in [0.717, 1.165) is 23.0 Å². The zero-order chi connectivity index (χ0) is 14.4. The van der Waals surface area contributed by atoms with Gasteiger partial charge in [0.25, 0.3) is 0 Å². The van der Waals surface area contributed by atoms with Crippen LogP contribution in [0, 0.1) is 0 Å². The molecule has 2 heterocycles. The van der Waals surface area contributed by atoms with Crippen molar-refractivity contribution in [2.45, 2.75) is 26.4 Å². The van der Waals surface area contributed by atoms with Crippen molar-refractivity contribution in [3.05, 3.63) is 34.0 Å². The van der Waals surface area contributed by atoms with Crippen LogP contribution in [0.4, 0.5) is 0 Å². The van der Waals surface area contributed by atoms with Gasteiger partial charge in [-0.05, 0) is 6.42 Å². The van der Waals surface area contributed by atoms with Gasteiger partial charge in [0, 0.05) is 43.5 Å². The van der Waals surface area contributed by atoms with E-state index < -0.39 is 0 Å². The summed E-state index contributed by atoms with van der Waals surface area (Å²) < 4.78 is 1.79. The van der Waals surface area contributed by atoms with Gasteiger partial charge in [-0.1, -0.05) is 6.92 Å². The third-order valence-electron chi connectivity index (χ3n) is 2.80. The Kier molecular flexibility index (Phi) is 7.65. The molecule has 0 aromatic carbocycles. The quantitative estimate of drug-likeness (QED) is 0.441. The molecule has 0 radical (unpaired) electrons. The van der Waals surface area contributed by atoms with Crippen LogP contribution in [0.25, 0.3) is 0 Å². The molecule has 0 aliphatic carbocycles. The van der Waals surface area contributed by atoms with Gasteiger partial charge in [-0.2, -0.15) is 5.10 Å². The maximum absolute atomic E-state index is 4.37. The normalized spacial score (nSPS) is 11.1. The Labute approximate surface area is 146 Å². The lowest BCUT2D eigenvalue weighted by atomic mass is 10.4. The van der Waals surface area contributed by atoms with Crippen LogP contribution in [0.15, 0.2) is 23.6 Å². The van der Waals surface area contributed by atoms with Crippen molar-refractivity contribution in [1.29, 1.82) is 0 Å². The molecular weight excluding hydrogens is 399 g/mol. The molecule has 116 valence electrons. The summed E-state index contributed by atoms with van der Waals surface area (Å²) in [5.74, 6) is 0.766. The van der Waals surface area contributed by atoms with Crippen LogP contribution in [0.5, 0.6) is 0 Å². The Bertz CT molecular complexity index is 577. The number of hydrogen-bond acceptors (Lipinski definition) is 4. The first-order valence-corrected chi connectivity index (χ1v) is 7.38. The third kappa shape index (κ3) is 5.62. The van der Waals surface area contributed by atoms with Gasteiger partial charge in [-0.25, -0.2) is 4.98 Å². The minimum atomic E-state index is 0. The number of aryl methyl sites for hydroxylation is 2. The number of halogens is 1. The molecule has 0 bridgehead atoms. The van der Waals surface area contributed by atoms with E-state index in [1.54, 1.807) is 23.1 Å². The molecule has 2 rings (SSSR count). The van der Waals surface area contributed by atoms with E-state index in [1.807, 2.05) is 25.6 Å². The molecule has 0 unspecified atom stereocenters. The first kappa shape index (κ1) is 17.9. The monoisotopic (exact) mass is 420 g/mol. The second kappa shape index (κ2) is 8.98. The van der Waals surface area contributed by atoms with Crippen molar-refractivity contribution in [3.8, 4) is 0 Å². The fourth-order valence-corrected chi connectivity index (χ4v) is 2.52. The summed E-state index contributed by atoms with van der Waals surface area (Å²) in [5.41, 5.74) is 1.12.